The van der Waals surface area contributed by atoms with Crippen LogP contribution >= 0.6 is 0 Å². The molecule has 88 valence electrons. The van der Waals surface area contributed by atoms with E-state index in [1.54, 1.807) is 6.92 Å². The van der Waals surface area contributed by atoms with Gasteiger partial charge in [-0.2, -0.15) is 0 Å². The Bertz CT molecular complexity index is 423. The number of aryl methyl sites for hydroxylation is 1. The molecule has 0 saturated carbocycles. The van der Waals surface area contributed by atoms with Crippen LogP contribution in [0.5, 0.6) is 0 Å². The highest BCUT2D eigenvalue weighted by Crippen LogP contribution is 2.14. The Morgan fingerprint density at radius 2 is 1.88 bits per heavy atom. The van der Waals surface area contributed by atoms with Crippen LogP contribution in [0.3, 0.4) is 0 Å². The quantitative estimate of drug-likeness (QED) is 0.788. The summed E-state index contributed by atoms with van der Waals surface area (Å²) in [6, 6.07) is 0. The van der Waals surface area contributed by atoms with Crippen molar-refractivity contribution >= 4 is 11.9 Å². The van der Waals surface area contributed by atoms with Crippen LogP contribution < -0.4 is 0 Å². The Morgan fingerprint density at radius 3 is 2.25 bits per heavy atom. The monoisotopic (exact) mass is 226 g/mol. The fourth-order valence-corrected chi connectivity index (χ4v) is 1.62. The van der Waals surface area contributed by atoms with Gasteiger partial charge in [0.25, 0.3) is 0 Å². The lowest BCUT2D eigenvalue weighted by molar-refractivity contribution is 0.0640. The van der Waals surface area contributed by atoms with E-state index >= 15 is 0 Å². The van der Waals surface area contributed by atoms with Crippen molar-refractivity contribution in [2.45, 2.75) is 33.2 Å². The standard InChI is InChI=1S/C10H14N2O4/c1-3-5-6-11-7(9(13)14)8(10(15)16)12(6)4-2/h3-5H2,1-2H3,(H,13,14)(H,15,16). The second-order valence-corrected chi connectivity index (χ2v) is 3.33. The first-order valence-corrected chi connectivity index (χ1v) is 5.08. The zero-order valence-corrected chi connectivity index (χ0v) is 9.23. The molecule has 0 aromatic carbocycles. The molecule has 2 N–H and O–H groups in total. The summed E-state index contributed by atoms with van der Waals surface area (Å²) in [6.07, 6.45) is 1.36. The highest BCUT2D eigenvalue weighted by Gasteiger charge is 2.25. The van der Waals surface area contributed by atoms with Crippen LogP contribution in [-0.4, -0.2) is 31.7 Å². The van der Waals surface area contributed by atoms with Gasteiger partial charge in [0.2, 0.25) is 0 Å². The van der Waals surface area contributed by atoms with Gasteiger partial charge in [-0.25, -0.2) is 14.6 Å². The molecule has 6 heteroatoms. The summed E-state index contributed by atoms with van der Waals surface area (Å²) < 4.78 is 1.44. The number of aromatic carboxylic acids is 2. The summed E-state index contributed by atoms with van der Waals surface area (Å²) in [5.41, 5.74) is -0.615. The van der Waals surface area contributed by atoms with E-state index in [4.69, 9.17) is 10.2 Å². The molecule has 0 saturated heterocycles. The van der Waals surface area contributed by atoms with Gasteiger partial charge in [0.15, 0.2) is 11.4 Å². The van der Waals surface area contributed by atoms with Crippen LogP contribution in [0.4, 0.5) is 0 Å². The van der Waals surface area contributed by atoms with Gasteiger partial charge in [-0.1, -0.05) is 6.92 Å². The third-order valence-corrected chi connectivity index (χ3v) is 2.24. The topological polar surface area (TPSA) is 92.4 Å². The van der Waals surface area contributed by atoms with Gasteiger partial charge in [0.1, 0.15) is 5.82 Å². The SMILES string of the molecule is CCCc1nc(C(=O)O)c(C(=O)O)n1CC. The molecule has 0 bridgehead atoms. The lowest BCUT2D eigenvalue weighted by atomic mass is 10.3. The molecular formula is C10H14N2O4. The van der Waals surface area contributed by atoms with Gasteiger partial charge in [0, 0.05) is 13.0 Å². The van der Waals surface area contributed by atoms with Crippen LogP contribution in [0, 0.1) is 0 Å². The Hall–Kier alpha value is -1.85. The third-order valence-electron chi connectivity index (χ3n) is 2.24. The van der Waals surface area contributed by atoms with E-state index < -0.39 is 11.9 Å². The summed E-state index contributed by atoms with van der Waals surface area (Å²) in [5.74, 6) is -2.05. The summed E-state index contributed by atoms with van der Waals surface area (Å²) in [6.45, 7) is 4.09. The minimum atomic E-state index is -1.30. The number of nitrogens with zero attached hydrogens (tertiary/aromatic N) is 2. The van der Waals surface area contributed by atoms with Crippen LogP contribution in [0.2, 0.25) is 0 Å². The number of hydrogen-bond donors (Lipinski definition) is 2. The molecular weight excluding hydrogens is 212 g/mol. The van der Waals surface area contributed by atoms with E-state index in [2.05, 4.69) is 4.98 Å². The molecule has 6 nitrogen and oxygen atoms in total. The van der Waals surface area contributed by atoms with Crippen molar-refractivity contribution in [2.24, 2.45) is 0 Å². The zero-order valence-electron chi connectivity index (χ0n) is 9.23. The molecule has 16 heavy (non-hydrogen) atoms. The van der Waals surface area contributed by atoms with Gasteiger partial charge >= 0.3 is 11.9 Å². The van der Waals surface area contributed by atoms with E-state index in [1.807, 2.05) is 6.92 Å². The lowest BCUT2D eigenvalue weighted by Crippen LogP contribution is -2.13. The largest absolute Gasteiger partial charge is 0.476 e. The van der Waals surface area contributed by atoms with Crippen LogP contribution in [0.1, 0.15) is 47.1 Å². The molecule has 0 aliphatic rings. The molecule has 1 heterocycles. The Kier molecular flexibility index (Phi) is 3.65. The fraction of sp³-hybridized carbons (Fsp3) is 0.500. The molecule has 0 aliphatic heterocycles. The number of carboxylic acid groups (broad SMARTS) is 2. The first-order chi connectivity index (χ1) is 7.52. The maximum atomic E-state index is 11.0. The number of hydrogen-bond acceptors (Lipinski definition) is 3. The summed E-state index contributed by atoms with van der Waals surface area (Å²) in [7, 11) is 0. The highest BCUT2D eigenvalue weighted by atomic mass is 16.4. The molecule has 0 unspecified atom stereocenters. The molecule has 1 aromatic heterocycles. The second kappa shape index (κ2) is 4.78. The third kappa shape index (κ3) is 2.05. The van der Waals surface area contributed by atoms with Crippen molar-refractivity contribution in [2.75, 3.05) is 0 Å². The summed E-state index contributed by atoms with van der Waals surface area (Å²) in [4.78, 5) is 25.7. The van der Waals surface area contributed by atoms with Gasteiger partial charge in [-0.05, 0) is 13.3 Å². The molecule has 0 atom stereocenters. The number of carboxylic acids is 2. The highest BCUT2D eigenvalue weighted by molar-refractivity contribution is 5.99. The second-order valence-electron chi connectivity index (χ2n) is 3.33. The molecule has 0 spiro atoms. The van der Waals surface area contributed by atoms with Gasteiger partial charge in [-0.3, -0.25) is 0 Å². The van der Waals surface area contributed by atoms with Gasteiger partial charge in [-0.15, -0.1) is 0 Å². The van der Waals surface area contributed by atoms with Crippen molar-refractivity contribution in [1.29, 1.82) is 0 Å². The fourth-order valence-electron chi connectivity index (χ4n) is 1.62. The molecule has 1 rings (SSSR count). The van der Waals surface area contributed by atoms with Crippen molar-refractivity contribution < 1.29 is 19.8 Å². The van der Waals surface area contributed by atoms with Crippen LogP contribution in [-0.2, 0) is 13.0 Å². The number of rotatable bonds is 5. The zero-order chi connectivity index (χ0) is 12.3. The minimum Gasteiger partial charge on any atom is -0.476 e. The average molecular weight is 226 g/mol. The Balaban J connectivity index is 3.39. The number of imidazole rings is 1. The summed E-state index contributed by atoms with van der Waals surface area (Å²) in [5, 5.41) is 17.9. The van der Waals surface area contributed by atoms with Crippen molar-refractivity contribution in [3.05, 3.63) is 17.2 Å². The summed E-state index contributed by atoms with van der Waals surface area (Å²) >= 11 is 0. The predicted molar refractivity (Wildman–Crippen MR) is 55.8 cm³/mol. The smallest absolute Gasteiger partial charge is 0.357 e. The molecule has 0 amide bonds. The van der Waals surface area contributed by atoms with E-state index in [9.17, 15) is 9.59 Å². The molecule has 0 aliphatic carbocycles. The van der Waals surface area contributed by atoms with Gasteiger partial charge in [0.05, 0.1) is 0 Å². The molecule has 1 aromatic rings. The van der Waals surface area contributed by atoms with Gasteiger partial charge < -0.3 is 14.8 Å². The molecule has 0 fully saturated rings. The van der Waals surface area contributed by atoms with Crippen molar-refractivity contribution in [3.63, 3.8) is 0 Å². The Morgan fingerprint density at radius 1 is 1.25 bits per heavy atom. The minimum absolute atomic E-state index is 0.238. The van der Waals surface area contributed by atoms with Crippen LogP contribution in [0.15, 0.2) is 0 Å². The number of aromatic nitrogens is 2. The number of carbonyl (C=O) groups is 2. The van der Waals surface area contributed by atoms with E-state index in [0.29, 0.717) is 18.8 Å². The first-order valence-electron chi connectivity index (χ1n) is 5.08. The van der Waals surface area contributed by atoms with Crippen LogP contribution in [0.25, 0.3) is 0 Å². The van der Waals surface area contributed by atoms with E-state index in [1.165, 1.54) is 4.57 Å². The van der Waals surface area contributed by atoms with E-state index in [0.717, 1.165) is 6.42 Å². The normalized spacial score (nSPS) is 10.4. The maximum Gasteiger partial charge on any atom is 0.357 e. The van der Waals surface area contributed by atoms with Crippen molar-refractivity contribution in [1.82, 2.24) is 9.55 Å². The first kappa shape index (κ1) is 12.2. The lowest BCUT2D eigenvalue weighted by Gasteiger charge is -2.05. The van der Waals surface area contributed by atoms with E-state index in [-0.39, 0.29) is 11.4 Å². The Labute approximate surface area is 92.5 Å². The van der Waals surface area contributed by atoms with Crippen molar-refractivity contribution in [3.8, 4) is 0 Å². The predicted octanol–water partition coefficient (Wildman–Crippen LogP) is 1.25. The molecule has 0 radical (unpaired) electrons. The average Bonchev–Trinajstić information content (AvgIpc) is 2.57. The maximum absolute atomic E-state index is 11.0.